The number of ether oxygens (including phenoxy) is 1. The third-order valence-corrected chi connectivity index (χ3v) is 5.22. The molecular weight excluding hydrogens is 362 g/mol. The molecule has 0 N–H and O–H groups in total. The molecule has 0 fully saturated rings. The maximum absolute atomic E-state index is 13.2. The smallest absolute Gasteiger partial charge is 0.227 e. The molecule has 1 heterocycles. The van der Waals surface area contributed by atoms with Crippen LogP contribution in [0.5, 0.6) is 5.75 Å². The first kappa shape index (κ1) is 18.8. The molecule has 0 radical (unpaired) electrons. The second-order valence-electron chi connectivity index (χ2n) is 7.03. The fraction of sp³-hybridized carbons (Fsp3) is 0.160. The first-order valence-corrected chi connectivity index (χ1v) is 9.57. The number of fused-ring (bicyclic) bond motifs is 1. The van der Waals surface area contributed by atoms with Gasteiger partial charge >= 0.3 is 0 Å². The standard InChI is InChI=1S/C25H23NO3/c1-26(25(18-9-5-3-6-10-18)19-11-7-4-8-12-19)24(27)15-20-17-29-23-16-21(28-2)13-14-22(20)23/h3-14,16-17,25H,15H2,1-2H3. The van der Waals surface area contributed by atoms with Crippen molar-refractivity contribution in [2.24, 2.45) is 0 Å². The molecule has 0 spiro atoms. The summed E-state index contributed by atoms with van der Waals surface area (Å²) in [5.74, 6) is 0.760. The molecular formula is C25H23NO3. The van der Waals surface area contributed by atoms with Crippen molar-refractivity contribution in [1.82, 2.24) is 4.90 Å². The molecule has 0 aliphatic rings. The number of carbonyl (C=O) groups is 1. The third kappa shape index (κ3) is 3.87. The molecule has 146 valence electrons. The fourth-order valence-corrected chi connectivity index (χ4v) is 3.67. The van der Waals surface area contributed by atoms with Gasteiger partial charge in [0, 0.05) is 24.1 Å². The Morgan fingerprint density at radius 3 is 2.17 bits per heavy atom. The Kier molecular flexibility index (Phi) is 5.34. The number of methoxy groups -OCH3 is 1. The minimum absolute atomic E-state index is 0.0289. The van der Waals surface area contributed by atoms with Crippen LogP contribution in [0.1, 0.15) is 22.7 Å². The topological polar surface area (TPSA) is 42.7 Å². The molecule has 4 rings (SSSR count). The molecule has 0 atom stereocenters. The highest BCUT2D eigenvalue weighted by Gasteiger charge is 2.24. The van der Waals surface area contributed by atoms with Gasteiger partial charge in [-0.3, -0.25) is 4.79 Å². The highest BCUT2D eigenvalue weighted by molar-refractivity contribution is 5.88. The number of likely N-dealkylation sites (N-methyl/N-ethyl adjacent to an activating group) is 1. The second-order valence-corrected chi connectivity index (χ2v) is 7.03. The molecule has 0 aliphatic heterocycles. The molecule has 4 heteroatoms. The zero-order valence-electron chi connectivity index (χ0n) is 16.5. The van der Waals surface area contributed by atoms with Crippen LogP contribution in [0.15, 0.2) is 89.5 Å². The summed E-state index contributed by atoms with van der Waals surface area (Å²) in [5, 5.41) is 0.934. The molecule has 0 saturated heterocycles. The lowest BCUT2D eigenvalue weighted by Gasteiger charge is -2.29. The molecule has 0 saturated carbocycles. The zero-order valence-corrected chi connectivity index (χ0v) is 16.5. The van der Waals surface area contributed by atoms with Crippen LogP contribution < -0.4 is 4.74 Å². The van der Waals surface area contributed by atoms with E-state index >= 15 is 0 Å². The maximum Gasteiger partial charge on any atom is 0.227 e. The van der Waals surface area contributed by atoms with Crippen LogP contribution in [-0.2, 0) is 11.2 Å². The Bertz CT molecular complexity index is 1060. The summed E-state index contributed by atoms with van der Waals surface area (Å²) in [6, 6.07) is 25.7. The van der Waals surface area contributed by atoms with E-state index in [0.29, 0.717) is 0 Å². The van der Waals surface area contributed by atoms with E-state index in [0.717, 1.165) is 33.4 Å². The summed E-state index contributed by atoms with van der Waals surface area (Å²) >= 11 is 0. The third-order valence-electron chi connectivity index (χ3n) is 5.22. The quantitative estimate of drug-likeness (QED) is 0.456. The molecule has 29 heavy (non-hydrogen) atoms. The van der Waals surface area contributed by atoms with Gasteiger partial charge in [-0.25, -0.2) is 0 Å². The highest BCUT2D eigenvalue weighted by atomic mass is 16.5. The number of rotatable bonds is 6. The van der Waals surface area contributed by atoms with E-state index in [1.807, 2.05) is 66.5 Å². The van der Waals surface area contributed by atoms with Crippen LogP contribution in [0.3, 0.4) is 0 Å². The van der Waals surface area contributed by atoms with Crippen LogP contribution in [0.2, 0.25) is 0 Å². The van der Waals surface area contributed by atoms with Gasteiger partial charge in [0.1, 0.15) is 11.3 Å². The Hall–Kier alpha value is -3.53. The van der Waals surface area contributed by atoms with Crippen molar-refractivity contribution in [2.45, 2.75) is 12.5 Å². The van der Waals surface area contributed by atoms with E-state index in [-0.39, 0.29) is 18.4 Å². The first-order valence-electron chi connectivity index (χ1n) is 9.57. The normalized spacial score (nSPS) is 11.0. The molecule has 1 aromatic heterocycles. The Labute approximate surface area is 170 Å². The fourth-order valence-electron chi connectivity index (χ4n) is 3.67. The number of nitrogens with zero attached hydrogens (tertiary/aromatic N) is 1. The lowest BCUT2D eigenvalue weighted by Crippen LogP contribution is -2.33. The molecule has 0 unspecified atom stereocenters. The van der Waals surface area contributed by atoms with Crippen LogP contribution in [0.25, 0.3) is 11.0 Å². The lowest BCUT2D eigenvalue weighted by atomic mass is 9.97. The summed E-state index contributed by atoms with van der Waals surface area (Å²) in [6.07, 6.45) is 1.93. The average molecular weight is 385 g/mol. The van der Waals surface area contributed by atoms with Gasteiger partial charge in [0.2, 0.25) is 5.91 Å². The van der Waals surface area contributed by atoms with Gasteiger partial charge in [-0.2, -0.15) is 0 Å². The largest absolute Gasteiger partial charge is 0.497 e. The maximum atomic E-state index is 13.2. The summed E-state index contributed by atoms with van der Waals surface area (Å²) in [7, 11) is 3.48. The number of carbonyl (C=O) groups excluding carboxylic acids is 1. The minimum atomic E-state index is -0.150. The van der Waals surface area contributed by atoms with Crippen molar-refractivity contribution in [3.8, 4) is 5.75 Å². The molecule has 0 aliphatic carbocycles. The van der Waals surface area contributed by atoms with Crippen molar-refractivity contribution >= 4 is 16.9 Å². The number of benzene rings is 3. The van der Waals surface area contributed by atoms with Crippen molar-refractivity contribution in [2.75, 3.05) is 14.2 Å². The molecule has 4 nitrogen and oxygen atoms in total. The predicted molar refractivity (Wildman–Crippen MR) is 114 cm³/mol. The van der Waals surface area contributed by atoms with Gasteiger partial charge in [-0.1, -0.05) is 60.7 Å². The summed E-state index contributed by atoms with van der Waals surface area (Å²) in [6.45, 7) is 0. The lowest BCUT2D eigenvalue weighted by molar-refractivity contribution is -0.130. The molecule has 0 bridgehead atoms. The van der Waals surface area contributed by atoms with Crippen LogP contribution in [-0.4, -0.2) is 25.0 Å². The van der Waals surface area contributed by atoms with Crippen molar-refractivity contribution in [1.29, 1.82) is 0 Å². The average Bonchev–Trinajstić information content (AvgIpc) is 3.17. The summed E-state index contributed by atoms with van der Waals surface area (Å²) in [5.41, 5.74) is 3.75. The van der Waals surface area contributed by atoms with Crippen LogP contribution in [0, 0.1) is 0 Å². The zero-order chi connectivity index (χ0) is 20.2. The highest BCUT2D eigenvalue weighted by Crippen LogP contribution is 2.30. The van der Waals surface area contributed by atoms with E-state index in [1.54, 1.807) is 13.4 Å². The van der Waals surface area contributed by atoms with E-state index in [2.05, 4.69) is 24.3 Å². The van der Waals surface area contributed by atoms with Crippen LogP contribution in [0.4, 0.5) is 0 Å². The Balaban J connectivity index is 1.63. The van der Waals surface area contributed by atoms with Crippen molar-refractivity contribution in [3.63, 3.8) is 0 Å². The van der Waals surface area contributed by atoms with E-state index in [9.17, 15) is 4.79 Å². The number of furan rings is 1. The molecule has 1 amide bonds. The Morgan fingerprint density at radius 1 is 0.966 bits per heavy atom. The van der Waals surface area contributed by atoms with E-state index in [4.69, 9.17) is 9.15 Å². The molecule has 4 aromatic rings. The summed E-state index contributed by atoms with van der Waals surface area (Å²) < 4.78 is 10.9. The van der Waals surface area contributed by atoms with Crippen molar-refractivity contribution < 1.29 is 13.9 Å². The number of hydrogen-bond donors (Lipinski definition) is 0. The molecule has 3 aromatic carbocycles. The van der Waals surface area contributed by atoms with Gasteiger partial charge in [-0.05, 0) is 23.3 Å². The number of hydrogen-bond acceptors (Lipinski definition) is 3. The predicted octanol–water partition coefficient (Wildman–Crippen LogP) is 5.23. The van der Waals surface area contributed by atoms with Gasteiger partial charge in [-0.15, -0.1) is 0 Å². The van der Waals surface area contributed by atoms with E-state index in [1.165, 1.54) is 0 Å². The van der Waals surface area contributed by atoms with Crippen LogP contribution >= 0.6 is 0 Å². The number of amides is 1. The summed E-state index contributed by atoms with van der Waals surface area (Å²) in [4.78, 5) is 15.0. The van der Waals surface area contributed by atoms with Gasteiger partial charge in [0.05, 0.1) is 25.8 Å². The Morgan fingerprint density at radius 2 is 1.59 bits per heavy atom. The van der Waals surface area contributed by atoms with Crippen molar-refractivity contribution in [3.05, 3.63) is 102 Å². The monoisotopic (exact) mass is 385 g/mol. The second kappa shape index (κ2) is 8.23. The minimum Gasteiger partial charge on any atom is -0.497 e. The van der Waals surface area contributed by atoms with E-state index < -0.39 is 0 Å². The SMILES string of the molecule is COc1ccc2c(CC(=O)N(C)C(c3ccccc3)c3ccccc3)coc2c1. The van der Waals surface area contributed by atoms with Gasteiger partial charge in [0.25, 0.3) is 0 Å². The van der Waals surface area contributed by atoms with Gasteiger partial charge in [0.15, 0.2) is 0 Å². The first-order chi connectivity index (χ1) is 14.2. The van der Waals surface area contributed by atoms with Gasteiger partial charge < -0.3 is 14.1 Å².